The van der Waals surface area contributed by atoms with Gasteiger partial charge in [-0.2, -0.15) is 5.10 Å². The van der Waals surface area contributed by atoms with Gasteiger partial charge in [-0.1, -0.05) is 12.1 Å². The van der Waals surface area contributed by atoms with Gasteiger partial charge in [0.05, 0.1) is 11.9 Å². The summed E-state index contributed by atoms with van der Waals surface area (Å²) in [5.41, 5.74) is 5.32. The Morgan fingerprint density at radius 1 is 0.800 bits per heavy atom. The van der Waals surface area contributed by atoms with Gasteiger partial charge < -0.3 is 4.74 Å². The number of ether oxygens (including phenoxy) is 1. The van der Waals surface area contributed by atoms with E-state index >= 15 is 0 Å². The zero-order valence-corrected chi connectivity index (χ0v) is 13.3. The maximum atomic E-state index is 12.8. The lowest BCUT2D eigenvalue weighted by molar-refractivity contribution is 0.306. The fourth-order valence-electron chi connectivity index (χ4n) is 2.10. The lowest BCUT2D eigenvalue weighted by atomic mass is 10.2. The molecular weight excluding hydrogens is 322 g/mol. The van der Waals surface area contributed by atoms with E-state index in [0.29, 0.717) is 18.0 Å². The molecule has 0 radical (unpaired) electrons. The van der Waals surface area contributed by atoms with Crippen LogP contribution in [0.3, 0.4) is 0 Å². The molecule has 3 aromatic carbocycles. The topological polar surface area (TPSA) is 33.6 Å². The van der Waals surface area contributed by atoms with Gasteiger partial charge in [0.1, 0.15) is 24.0 Å². The maximum absolute atomic E-state index is 12.8. The van der Waals surface area contributed by atoms with E-state index < -0.39 is 0 Å². The second kappa shape index (κ2) is 8.06. The van der Waals surface area contributed by atoms with Crippen LogP contribution in [0.2, 0.25) is 0 Å². The molecule has 0 heterocycles. The van der Waals surface area contributed by atoms with Gasteiger partial charge in [0.15, 0.2) is 0 Å². The Bertz CT molecular complexity index is 829. The van der Waals surface area contributed by atoms with Crippen molar-refractivity contribution in [3.8, 4) is 5.75 Å². The van der Waals surface area contributed by atoms with Crippen LogP contribution >= 0.6 is 0 Å². The summed E-state index contributed by atoms with van der Waals surface area (Å²) in [5, 5.41) is 4.10. The van der Waals surface area contributed by atoms with Crippen molar-refractivity contribution < 1.29 is 13.5 Å². The van der Waals surface area contributed by atoms with Crippen molar-refractivity contribution in [2.24, 2.45) is 5.10 Å². The molecule has 0 spiro atoms. The van der Waals surface area contributed by atoms with E-state index in [1.54, 1.807) is 30.5 Å². The van der Waals surface area contributed by atoms with Gasteiger partial charge in [-0.15, -0.1) is 0 Å². The van der Waals surface area contributed by atoms with E-state index in [1.807, 2.05) is 24.3 Å². The van der Waals surface area contributed by atoms with Crippen LogP contribution in [0.1, 0.15) is 11.1 Å². The van der Waals surface area contributed by atoms with Gasteiger partial charge in [-0.05, 0) is 71.8 Å². The van der Waals surface area contributed by atoms with Gasteiger partial charge in [-0.3, -0.25) is 5.43 Å². The summed E-state index contributed by atoms with van der Waals surface area (Å²) in [4.78, 5) is 0. The van der Waals surface area contributed by atoms with Crippen LogP contribution in [0.25, 0.3) is 0 Å². The molecule has 0 aliphatic carbocycles. The zero-order valence-electron chi connectivity index (χ0n) is 13.3. The highest BCUT2D eigenvalue weighted by Gasteiger charge is 1.97. The molecule has 0 fully saturated rings. The minimum Gasteiger partial charge on any atom is -0.489 e. The molecule has 5 heteroatoms. The van der Waals surface area contributed by atoms with Crippen molar-refractivity contribution in [1.29, 1.82) is 0 Å². The second-order valence-corrected chi connectivity index (χ2v) is 5.36. The van der Waals surface area contributed by atoms with Gasteiger partial charge in [0.25, 0.3) is 0 Å². The molecule has 0 aromatic heterocycles. The Hall–Kier alpha value is -3.21. The third-order valence-electron chi connectivity index (χ3n) is 3.45. The predicted octanol–water partition coefficient (Wildman–Crippen LogP) is 4.99. The van der Waals surface area contributed by atoms with Crippen molar-refractivity contribution in [3.05, 3.63) is 95.6 Å². The summed E-state index contributed by atoms with van der Waals surface area (Å²) in [6.07, 6.45) is 1.66. The molecule has 25 heavy (non-hydrogen) atoms. The van der Waals surface area contributed by atoms with Gasteiger partial charge >= 0.3 is 0 Å². The smallest absolute Gasteiger partial charge is 0.123 e. The maximum Gasteiger partial charge on any atom is 0.123 e. The predicted molar refractivity (Wildman–Crippen MR) is 94.8 cm³/mol. The van der Waals surface area contributed by atoms with E-state index in [0.717, 1.165) is 11.1 Å². The molecule has 0 bridgehead atoms. The summed E-state index contributed by atoms with van der Waals surface area (Å²) in [6, 6.07) is 19.6. The number of hydrogen-bond donors (Lipinski definition) is 1. The number of halogens is 2. The fraction of sp³-hybridized carbons (Fsp3) is 0.0500. The van der Waals surface area contributed by atoms with E-state index in [4.69, 9.17) is 4.74 Å². The highest BCUT2D eigenvalue weighted by molar-refractivity contribution is 5.80. The largest absolute Gasteiger partial charge is 0.489 e. The molecule has 3 aromatic rings. The van der Waals surface area contributed by atoms with Crippen LogP contribution in [-0.4, -0.2) is 6.21 Å². The van der Waals surface area contributed by atoms with Crippen LogP contribution < -0.4 is 10.2 Å². The average molecular weight is 338 g/mol. The minimum absolute atomic E-state index is 0.262. The lowest BCUT2D eigenvalue weighted by Crippen LogP contribution is -1.96. The van der Waals surface area contributed by atoms with Crippen molar-refractivity contribution >= 4 is 11.9 Å². The van der Waals surface area contributed by atoms with E-state index in [-0.39, 0.29) is 11.6 Å². The standard InChI is InChI=1S/C20H16F2N2O/c21-17-5-1-16(2-6-17)14-25-20-11-3-15(4-12-20)13-23-24-19-9-7-18(22)8-10-19/h1-13,24H,14H2. The molecule has 0 aliphatic heterocycles. The molecular formula is C20H16F2N2O. The van der Waals surface area contributed by atoms with Gasteiger partial charge in [0, 0.05) is 0 Å². The number of nitrogens with zero attached hydrogens (tertiary/aromatic N) is 1. The Morgan fingerprint density at radius 3 is 2.04 bits per heavy atom. The fourth-order valence-corrected chi connectivity index (χ4v) is 2.10. The minimum atomic E-state index is -0.286. The quantitative estimate of drug-likeness (QED) is 0.507. The molecule has 0 amide bonds. The summed E-state index contributed by atoms with van der Waals surface area (Å²) >= 11 is 0. The number of benzene rings is 3. The molecule has 0 aliphatic rings. The first-order valence-electron chi connectivity index (χ1n) is 7.71. The van der Waals surface area contributed by atoms with Crippen LogP contribution in [0.5, 0.6) is 5.75 Å². The Kier molecular flexibility index (Phi) is 5.36. The van der Waals surface area contributed by atoms with Crippen LogP contribution in [0, 0.1) is 11.6 Å². The number of rotatable bonds is 6. The first-order chi connectivity index (χ1) is 12.2. The third-order valence-corrected chi connectivity index (χ3v) is 3.45. The Labute approximate surface area is 144 Å². The van der Waals surface area contributed by atoms with E-state index in [1.165, 1.54) is 24.3 Å². The summed E-state index contributed by atoms with van der Waals surface area (Å²) < 4.78 is 31.3. The molecule has 0 unspecified atom stereocenters. The lowest BCUT2D eigenvalue weighted by Gasteiger charge is -2.06. The first-order valence-corrected chi connectivity index (χ1v) is 7.71. The SMILES string of the molecule is Fc1ccc(COc2ccc(C=NNc3ccc(F)cc3)cc2)cc1. The molecule has 126 valence electrons. The number of anilines is 1. The normalized spacial score (nSPS) is 10.8. The van der Waals surface area contributed by atoms with Crippen molar-refractivity contribution in [3.63, 3.8) is 0 Å². The van der Waals surface area contributed by atoms with E-state index in [9.17, 15) is 8.78 Å². The van der Waals surface area contributed by atoms with Crippen LogP contribution in [-0.2, 0) is 6.61 Å². The zero-order chi connectivity index (χ0) is 17.5. The molecule has 0 saturated heterocycles. The Morgan fingerprint density at radius 2 is 1.40 bits per heavy atom. The number of hydrogen-bond acceptors (Lipinski definition) is 3. The van der Waals surface area contributed by atoms with Crippen LogP contribution in [0.15, 0.2) is 77.9 Å². The highest BCUT2D eigenvalue weighted by atomic mass is 19.1. The van der Waals surface area contributed by atoms with Gasteiger partial charge in [-0.25, -0.2) is 8.78 Å². The van der Waals surface area contributed by atoms with E-state index in [2.05, 4.69) is 10.5 Å². The monoisotopic (exact) mass is 338 g/mol. The summed E-state index contributed by atoms with van der Waals surface area (Å²) in [5.74, 6) is 0.167. The number of hydrazone groups is 1. The molecule has 3 rings (SSSR count). The molecule has 3 nitrogen and oxygen atoms in total. The summed E-state index contributed by atoms with van der Waals surface area (Å²) in [6.45, 7) is 0.375. The van der Waals surface area contributed by atoms with Gasteiger partial charge in [0.2, 0.25) is 0 Å². The van der Waals surface area contributed by atoms with Crippen molar-refractivity contribution in [1.82, 2.24) is 0 Å². The average Bonchev–Trinajstić information content (AvgIpc) is 2.64. The molecule has 1 N–H and O–H groups in total. The third kappa shape index (κ3) is 5.14. The highest BCUT2D eigenvalue weighted by Crippen LogP contribution is 2.14. The summed E-state index contributed by atoms with van der Waals surface area (Å²) in [7, 11) is 0. The molecule has 0 atom stereocenters. The van der Waals surface area contributed by atoms with Crippen LogP contribution in [0.4, 0.5) is 14.5 Å². The molecule has 0 saturated carbocycles. The Balaban J connectivity index is 1.52. The number of nitrogens with one attached hydrogen (secondary N) is 1. The van der Waals surface area contributed by atoms with Crippen molar-refractivity contribution in [2.75, 3.05) is 5.43 Å². The second-order valence-electron chi connectivity index (χ2n) is 5.36. The van der Waals surface area contributed by atoms with Crippen molar-refractivity contribution in [2.45, 2.75) is 6.61 Å². The first kappa shape index (κ1) is 16.6.